The molecule has 0 spiro atoms. The van der Waals surface area contributed by atoms with Crippen LogP contribution in [0.2, 0.25) is 0 Å². The maximum Gasteiger partial charge on any atom is 0.120 e. The van der Waals surface area contributed by atoms with Crippen molar-refractivity contribution in [2.24, 2.45) is 5.92 Å². The number of ether oxygens (including phenoxy) is 1. The van der Waals surface area contributed by atoms with E-state index >= 15 is 0 Å². The van der Waals surface area contributed by atoms with Gasteiger partial charge in [0.15, 0.2) is 0 Å². The fourth-order valence-corrected chi connectivity index (χ4v) is 3.38. The average Bonchev–Trinajstić information content (AvgIpc) is 2.42. The third-order valence-electron chi connectivity index (χ3n) is 4.66. The summed E-state index contributed by atoms with van der Waals surface area (Å²) in [6.07, 6.45) is 8.11. The van der Waals surface area contributed by atoms with E-state index in [1.54, 1.807) is 0 Å². The quantitative estimate of drug-likeness (QED) is 0.870. The summed E-state index contributed by atoms with van der Waals surface area (Å²) in [6.45, 7) is 2.33. The van der Waals surface area contributed by atoms with E-state index in [1.807, 2.05) is 6.07 Å². The summed E-state index contributed by atoms with van der Waals surface area (Å²) in [5.74, 6) is 1.85. The number of hydrogen-bond acceptors (Lipinski definition) is 2. The summed E-state index contributed by atoms with van der Waals surface area (Å²) < 4.78 is 6.12. The molecule has 1 fully saturated rings. The average molecular weight is 260 g/mol. The van der Waals surface area contributed by atoms with E-state index in [2.05, 4.69) is 19.1 Å². The van der Waals surface area contributed by atoms with Gasteiger partial charge in [0.1, 0.15) is 5.75 Å². The Morgan fingerprint density at radius 3 is 2.68 bits per heavy atom. The summed E-state index contributed by atoms with van der Waals surface area (Å²) in [7, 11) is 0. The molecule has 2 heteroatoms. The zero-order valence-corrected chi connectivity index (χ0v) is 11.8. The molecule has 1 N–H and O–H groups in total. The topological polar surface area (TPSA) is 29.5 Å². The number of hydrogen-bond donors (Lipinski definition) is 1. The Morgan fingerprint density at radius 2 is 1.89 bits per heavy atom. The normalized spacial score (nSPS) is 30.7. The van der Waals surface area contributed by atoms with E-state index in [-0.39, 0.29) is 6.10 Å². The zero-order valence-electron chi connectivity index (χ0n) is 11.8. The first kappa shape index (κ1) is 13.0. The molecule has 0 bridgehead atoms. The SMILES string of the molecule is CC1CCC(Oc2ccc3c(c2)CCCC3O)CC1. The number of rotatable bonds is 2. The molecule has 1 atom stereocenters. The van der Waals surface area contributed by atoms with Gasteiger partial charge in [-0.2, -0.15) is 0 Å². The number of aliphatic hydroxyl groups is 1. The fraction of sp³-hybridized carbons (Fsp3) is 0.647. The summed E-state index contributed by atoms with van der Waals surface area (Å²) >= 11 is 0. The number of aliphatic hydroxyl groups excluding tert-OH is 1. The van der Waals surface area contributed by atoms with Crippen molar-refractivity contribution in [3.63, 3.8) is 0 Å². The largest absolute Gasteiger partial charge is 0.490 e. The smallest absolute Gasteiger partial charge is 0.120 e. The molecule has 0 amide bonds. The summed E-state index contributed by atoms with van der Waals surface area (Å²) in [5, 5.41) is 9.96. The lowest BCUT2D eigenvalue weighted by Crippen LogP contribution is -2.23. The van der Waals surface area contributed by atoms with Crippen molar-refractivity contribution in [1.82, 2.24) is 0 Å². The van der Waals surface area contributed by atoms with E-state index < -0.39 is 0 Å². The molecule has 1 unspecified atom stereocenters. The van der Waals surface area contributed by atoms with Crippen LogP contribution in [0.15, 0.2) is 18.2 Å². The number of aryl methyl sites for hydroxylation is 1. The molecule has 2 aliphatic rings. The second-order valence-electron chi connectivity index (χ2n) is 6.27. The van der Waals surface area contributed by atoms with Crippen molar-refractivity contribution in [1.29, 1.82) is 0 Å². The third-order valence-corrected chi connectivity index (χ3v) is 4.66. The first-order valence-electron chi connectivity index (χ1n) is 7.70. The molecule has 2 aliphatic carbocycles. The van der Waals surface area contributed by atoms with Crippen molar-refractivity contribution < 1.29 is 9.84 Å². The summed E-state index contributed by atoms with van der Waals surface area (Å²) in [4.78, 5) is 0. The van der Waals surface area contributed by atoms with Gasteiger partial charge in [-0.1, -0.05) is 13.0 Å². The van der Waals surface area contributed by atoms with E-state index in [0.717, 1.165) is 36.5 Å². The minimum absolute atomic E-state index is 0.270. The first-order chi connectivity index (χ1) is 9.22. The molecule has 1 saturated carbocycles. The van der Waals surface area contributed by atoms with Crippen molar-refractivity contribution in [3.05, 3.63) is 29.3 Å². The van der Waals surface area contributed by atoms with Crippen LogP contribution in [-0.2, 0) is 6.42 Å². The molecular formula is C17H24O2. The molecule has 0 radical (unpaired) electrons. The van der Waals surface area contributed by atoms with E-state index in [0.29, 0.717) is 6.10 Å². The molecule has 2 nitrogen and oxygen atoms in total. The number of benzene rings is 1. The van der Waals surface area contributed by atoms with Crippen LogP contribution >= 0.6 is 0 Å². The van der Waals surface area contributed by atoms with Crippen LogP contribution in [0.1, 0.15) is 62.7 Å². The Morgan fingerprint density at radius 1 is 1.11 bits per heavy atom. The van der Waals surface area contributed by atoms with Crippen LogP contribution in [0.3, 0.4) is 0 Å². The fourth-order valence-electron chi connectivity index (χ4n) is 3.38. The Bertz CT molecular complexity index is 433. The molecule has 19 heavy (non-hydrogen) atoms. The lowest BCUT2D eigenvalue weighted by atomic mass is 9.88. The van der Waals surface area contributed by atoms with Crippen molar-refractivity contribution in [2.45, 2.75) is 64.1 Å². The standard InChI is InChI=1S/C17H24O2/c1-12-5-7-14(8-6-12)19-15-9-10-16-13(11-15)3-2-4-17(16)18/h9-12,14,17-18H,2-8H2,1H3. The van der Waals surface area contributed by atoms with Crippen LogP contribution in [-0.4, -0.2) is 11.2 Å². The molecule has 0 aromatic heterocycles. The van der Waals surface area contributed by atoms with Crippen LogP contribution in [0, 0.1) is 5.92 Å². The predicted molar refractivity (Wildman–Crippen MR) is 76.4 cm³/mol. The highest BCUT2D eigenvalue weighted by molar-refractivity contribution is 5.38. The third kappa shape index (κ3) is 2.94. The van der Waals surface area contributed by atoms with E-state index in [1.165, 1.54) is 31.2 Å². The Hall–Kier alpha value is -1.02. The monoisotopic (exact) mass is 260 g/mol. The maximum atomic E-state index is 9.96. The molecule has 0 aliphatic heterocycles. The lowest BCUT2D eigenvalue weighted by molar-refractivity contribution is 0.134. The van der Waals surface area contributed by atoms with Crippen molar-refractivity contribution >= 4 is 0 Å². The van der Waals surface area contributed by atoms with Gasteiger partial charge in [0.05, 0.1) is 12.2 Å². The van der Waals surface area contributed by atoms with Gasteiger partial charge < -0.3 is 9.84 Å². The number of fused-ring (bicyclic) bond motifs is 1. The molecular weight excluding hydrogens is 236 g/mol. The summed E-state index contributed by atoms with van der Waals surface area (Å²) in [5.41, 5.74) is 2.39. The minimum atomic E-state index is -0.270. The highest BCUT2D eigenvalue weighted by Gasteiger charge is 2.21. The van der Waals surface area contributed by atoms with Gasteiger partial charge in [0.25, 0.3) is 0 Å². The first-order valence-corrected chi connectivity index (χ1v) is 7.70. The van der Waals surface area contributed by atoms with Crippen molar-refractivity contribution in [2.75, 3.05) is 0 Å². The zero-order chi connectivity index (χ0) is 13.2. The molecule has 1 aromatic carbocycles. The van der Waals surface area contributed by atoms with E-state index in [4.69, 9.17) is 4.74 Å². The van der Waals surface area contributed by atoms with E-state index in [9.17, 15) is 5.11 Å². The second-order valence-corrected chi connectivity index (χ2v) is 6.27. The molecule has 0 heterocycles. The molecule has 3 rings (SSSR count). The predicted octanol–water partition coefficient (Wildman–Crippen LogP) is 4.01. The minimum Gasteiger partial charge on any atom is -0.490 e. The van der Waals surface area contributed by atoms with Crippen LogP contribution in [0.4, 0.5) is 0 Å². The summed E-state index contributed by atoms with van der Waals surface area (Å²) in [6, 6.07) is 6.24. The van der Waals surface area contributed by atoms with Crippen LogP contribution < -0.4 is 4.74 Å². The van der Waals surface area contributed by atoms with Gasteiger partial charge in [0.2, 0.25) is 0 Å². The highest BCUT2D eigenvalue weighted by Crippen LogP contribution is 2.33. The Kier molecular flexibility index (Phi) is 3.79. The highest BCUT2D eigenvalue weighted by atomic mass is 16.5. The van der Waals surface area contributed by atoms with Gasteiger partial charge in [-0.3, -0.25) is 0 Å². The van der Waals surface area contributed by atoms with Gasteiger partial charge >= 0.3 is 0 Å². The van der Waals surface area contributed by atoms with Crippen molar-refractivity contribution in [3.8, 4) is 5.75 Å². The lowest BCUT2D eigenvalue weighted by Gasteiger charge is -2.28. The van der Waals surface area contributed by atoms with Gasteiger partial charge in [-0.15, -0.1) is 0 Å². The molecule has 104 valence electrons. The molecule has 1 aromatic rings. The van der Waals surface area contributed by atoms with Gasteiger partial charge in [0, 0.05) is 0 Å². The second kappa shape index (κ2) is 5.54. The Labute approximate surface area is 115 Å². The maximum absolute atomic E-state index is 9.96. The van der Waals surface area contributed by atoms with Crippen LogP contribution in [0.25, 0.3) is 0 Å². The molecule has 0 saturated heterocycles. The van der Waals surface area contributed by atoms with Gasteiger partial charge in [-0.25, -0.2) is 0 Å². The van der Waals surface area contributed by atoms with Crippen LogP contribution in [0.5, 0.6) is 5.75 Å². The van der Waals surface area contributed by atoms with Gasteiger partial charge in [-0.05, 0) is 74.1 Å². The Balaban J connectivity index is 1.68.